The van der Waals surface area contributed by atoms with E-state index < -0.39 is 0 Å². The number of hydrogen-bond donors (Lipinski definition) is 0. The van der Waals surface area contributed by atoms with Gasteiger partial charge in [-0.25, -0.2) is 0 Å². The van der Waals surface area contributed by atoms with Crippen LogP contribution in [0.3, 0.4) is 0 Å². The van der Waals surface area contributed by atoms with Crippen molar-refractivity contribution in [1.82, 2.24) is 0 Å². The van der Waals surface area contributed by atoms with Crippen molar-refractivity contribution >= 4 is 21.5 Å². The molecule has 0 heterocycles. The minimum absolute atomic E-state index is 0. The predicted octanol–water partition coefficient (Wildman–Crippen LogP) is 3.99. The molecule has 0 N–H and O–H groups in total. The Hall–Kier alpha value is -1.29. The number of fused-ring (bicyclic) bond motifs is 3. The average Bonchev–Trinajstić information content (AvgIpc) is 2.29. The van der Waals surface area contributed by atoms with Crippen LogP contribution in [0.2, 0.25) is 0 Å². The molecule has 72 valence electrons. The zero-order chi connectivity index (χ0) is 9.38. The summed E-state index contributed by atoms with van der Waals surface area (Å²) >= 11 is 0. The van der Waals surface area contributed by atoms with Gasteiger partial charge < -0.3 is 0 Å². The van der Waals surface area contributed by atoms with Crippen LogP contribution in [-0.2, 0) is 17.4 Å². The van der Waals surface area contributed by atoms with Gasteiger partial charge in [0.15, 0.2) is 0 Å². The minimum Gasteiger partial charge on any atom is -0.0616 e. The molecule has 0 radical (unpaired) electrons. The standard InChI is InChI=1S/C14H10.Cr/c1-3-7-13-11(5-1)9-10-12-6-2-4-8-14(12)13;/h1-10H;. The van der Waals surface area contributed by atoms with Crippen LogP contribution >= 0.6 is 0 Å². The molecular formula is C14H10Cr. The summed E-state index contributed by atoms with van der Waals surface area (Å²) in [4.78, 5) is 0. The van der Waals surface area contributed by atoms with E-state index in [1.165, 1.54) is 21.5 Å². The van der Waals surface area contributed by atoms with E-state index in [4.69, 9.17) is 0 Å². The van der Waals surface area contributed by atoms with Crippen LogP contribution in [0.4, 0.5) is 0 Å². The van der Waals surface area contributed by atoms with Crippen molar-refractivity contribution in [3.05, 3.63) is 60.7 Å². The Labute approximate surface area is 99.7 Å². The molecular weight excluding hydrogens is 220 g/mol. The molecule has 0 saturated heterocycles. The minimum atomic E-state index is 0. The summed E-state index contributed by atoms with van der Waals surface area (Å²) in [5, 5.41) is 5.30. The Morgan fingerprint density at radius 1 is 0.467 bits per heavy atom. The normalized spacial score (nSPS) is 10.1. The number of benzene rings is 3. The molecule has 0 atom stereocenters. The van der Waals surface area contributed by atoms with Gasteiger partial charge in [0.1, 0.15) is 0 Å². The van der Waals surface area contributed by atoms with E-state index in [0.29, 0.717) is 0 Å². The molecule has 1 heteroatoms. The molecule has 0 amide bonds. The molecule has 0 bridgehead atoms. The summed E-state index contributed by atoms with van der Waals surface area (Å²) in [6, 6.07) is 21.4. The van der Waals surface area contributed by atoms with Gasteiger partial charge in [-0.15, -0.1) is 0 Å². The van der Waals surface area contributed by atoms with E-state index in [-0.39, 0.29) is 17.4 Å². The second kappa shape index (κ2) is 4.07. The van der Waals surface area contributed by atoms with Crippen molar-refractivity contribution in [3.8, 4) is 0 Å². The van der Waals surface area contributed by atoms with Crippen molar-refractivity contribution in [2.45, 2.75) is 0 Å². The zero-order valence-corrected chi connectivity index (χ0v) is 9.46. The molecule has 0 aliphatic rings. The van der Waals surface area contributed by atoms with Crippen molar-refractivity contribution < 1.29 is 17.4 Å². The van der Waals surface area contributed by atoms with Gasteiger partial charge in [0.2, 0.25) is 0 Å². The largest absolute Gasteiger partial charge is 0.0616 e. The first-order valence-corrected chi connectivity index (χ1v) is 4.82. The molecule has 3 rings (SSSR count). The van der Waals surface area contributed by atoms with Crippen LogP contribution in [-0.4, -0.2) is 0 Å². The van der Waals surface area contributed by atoms with E-state index in [2.05, 4.69) is 60.7 Å². The molecule has 0 spiro atoms. The fraction of sp³-hybridized carbons (Fsp3) is 0. The Morgan fingerprint density at radius 3 is 1.33 bits per heavy atom. The maximum Gasteiger partial charge on any atom is 0 e. The first-order chi connectivity index (χ1) is 6.95. The Kier molecular flexibility index (Phi) is 2.77. The fourth-order valence-electron chi connectivity index (χ4n) is 1.95. The SMILES string of the molecule is [Cr].c1ccc2c(c1)ccc1ccccc12. The summed E-state index contributed by atoms with van der Waals surface area (Å²) in [6.07, 6.45) is 0. The topological polar surface area (TPSA) is 0 Å². The van der Waals surface area contributed by atoms with Gasteiger partial charge in [-0.05, 0) is 21.5 Å². The molecule has 3 aromatic rings. The van der Waals surface area contributed by atoms with E-state index >= 15 is 0 Å². The second-order valence-corrected chi connectivity index (χ2v) is 3.51. The van der Waals surface area contributed by atoms with Gasteiger partial charge in [0.05, 0.1) is 0 Å². The maximum atomic E-state index is 2.18. The van der Waals surface area contributed by atoms with Crippen molar-refractivity contribution in [2.75, 3.05) is 0 Å². The van der Waals surface area contributed by atoms with Crippen LogP contribution in [0.15, 0.2) is 60.7 Å². The van der Waals surface area contributed by atoms with E-state index in [0.717, 1.165) is 0 Å². The van der Waals surface area contributed by atoms with Crippen LogP contribution in [0, 0.1) is 0 Å². The monoisotopic (exact) mass is 230 g/mol. The first kappa shape index (κ1) is 10.2. The average molecular weight is 230 g/mol. The number of rotatable bonds is 0. The Bertz CT molecular complexity index is 544. The van der Waals surface area contributed by atoms with Crippen LogP contribution in [0.25, 0.3) is 21.5 Å². The zero-order valence-electron chi connectivity index (χ0n) is 8.18. The Balaban J connectivity index is 0.000000853. The first-order valence-electron chi connectivity index (χ1n) is 4.82. The summed E-state index contributed by atoms with van der Waals surface area (Å²) in [5.74, 6) is 0. The summed E-state index contributed by atoms with van der Waals surface area (Å²) < 4.78 is 0. The van der Waals surface area contributed by atoms with E-state index in [1.54, 1.807) is 0 Å². The molecule has 0 aliphatic heterocycles. The molecule has 3 aromatic carbocycles. The third-order valence-electron chi connectivity index (χ3n) is 2.65. The van der Waals surface area contributed by atoms with E-state index in [1.807, 2.05) is 0 Å². The fourth-order valence-corrected chi connectivity index (χ4v) is 1.95. The van der Waals surface area contributed by atoms with Gasteiger partial charge in [0, 0.05) is 17.4 Å². The third-order valence-corrected chi connectivity index (χ3v) is 2.65. The van der Waals surface area contributed by atoms with Crippen LogP contribution in [0.5, 0.6) is 0 Å². The molecule has 0 nitrogen and oxygen atoms in total. The molecule has 0 aromatic heterocycles. The smallest absolute Gasteiger partial charge is 0 e. The van der Waals surface area contributed by atoms with Crippen molar-refractivity contribution in [2.24, 2.45) is 0 Å². The third kappa shape index (κ3) is 1.65. The van der Waals surface area contributed by atoms with Crippen LogP contribution < -0.4 is 0 Å². The molecule has 0 aliphatic carbocycles. The number of hydrogen-bond acceptors (Lipinski definition) is 0. The summed E-state index contributed by atoms with van der Waals surface area (Å²) in [5.41, 5.74) is 0. The quantitative estimate of drug-likeness (QED) is 0.512. The van der Waals surface area contributed by atoms with Crippen molar-refractivity contribution in [3.63, 3.8) is 0 Å². The predicted molar refractivity (Wildman–Crippen MR) is 61.5 cm³/mol. The Morgan fingerprint density at radius 2 is 0.867 bits per heavy atom. The maximum absolute atomic E-state index is 2.18. The van der Waals surface area contributed by atoms with Gasteiger partial charge in [-0.3, -0.25) is 0 Å². The van der Waals surface area contributed by atoms with Crippen molar-refractivity contribution in [1.29, 1.82) is 0 Å². The van der Waals surface area contributed by atoms with Gasteiger partial charge >= 0.3 is 0 Å². The van der Waals surface area contributed by atoms with Gasteiger partial charge in [-0.1, -0.05) is 60.7 Å². The van der Waals surface area contributed by atoms with Crippen LogP contribution in [0.1, 0.15) is 0 Å². The van der Waals surface area contributed by atoms with Gasteiger partial charge in [0.25, 0.3) is 0 Å². The molecule has 0 unspecified atom stereocenters. The molecule has 15 heavy (non-hydrogen) atoms. The van der Waals surface area contributed by atoms with E-state index in [9.17, 15) is 0 Å². The second-order valence-electron chi connectivity index (χ2n) is 3.51. The summed E-state index contributed by atoms with van der Waals surface area (Å²) in [6.45, 7) is 0. The summed E-state index contributed by atoms with van der Waals surface area (Å²) in [7, 11) is 0. The molecule has 0 fully saturated rings. The van der Waals surface area contributed by atoms with Gasteiger partial charge in [-0.2, -0.15) is 0 Å². The molecule has 0 saturated carbocycles.